The highest BCUT2D eigenvalue weighted by atomic mass is 79.9. The van der Waals surface area contributed by atoms with E-state index in [4.69, 9.17) is 0 Å². The van der Waals surface area contributed by atoms with Crippen LogP contribution in [0.2, 0.25) is 0 Å². The molecule has 0 radical (unpaired) electrons. The molecule has 1 rings (SSSR count). The summed E-state index contributed by atoms with van der Waals surface area (Å²) in [5.41, 5.74) is 0. The van der Waals surface area contributed by atoms with Crippen LogP contribution in [0.1, 0.15) is 13.3 Å². The topological polar surface area (TPSA) is 46.2 Å². The molecular formula is C11H15BrFNO2S2. The molecule has 18 heavy (non-hydrogen) atoms. The van der Waals surface area contributed by atoms with E-state index in [0.717, 1.165) is 11.8 Å². The van der Waals surface area contributed by atoms with Crippen molar-refractivity contribution < 1.29 is 12.8 Å². The summed E-state index contributed by atoms with van der Waals surface area (Å²) >= 11 is 4.73. The van der Waals surface area contributed by atoms with Crippen LogP contribution in [0.4, 0.5) is 4.39 Å². The average Bonchev–Trinajstić information content (AvgIpc) is 2.25. The Hall–Kier alpha value is -0.110. The van der Waals surface area contributed by atoms with E-state index in [1.165, 1.54) is 12.1 Å². The summed E-state index contributed by atoms with van der Waals surface area (Å²) in [6.07, 6.45) is 2.66. The number of nitrogens with one attached hydrogen (secondary N) is 1. The Labute approximate surface area is 120 Å². The largest absolute Gasteiger partial charge is 0.243 e. The van der Waals surface area contributed by atoms with Crippen molar-refractivity contribution >= 4 is 37.7 Å². The number of hydrogen-bond acceptors (Lipinski definition) is 3. The van der Waals surface area contributed by atoms with E-state index >= 15 is 0 Å². The van der Waals surface area contributed by atoms with Crippen LogP contribution >= 0.6 is 27.7 Å². The van der Waals surface area contributed by atoms with Crippen molar-refractivity contribution in [1.29, 1.82) is 0 Å². The predicted octanol–water partition coefficient (Wildman–Crippen LogP) is 3.01. The molecule has 0 aliphatic heterocycles. The minimum Gasteiger partial charge on any atom is -0.208 e. The molecule has 0 heterocycles. The highest BCUT2D eigenvalue weighted by Crippen LogP contribution is 2.19. The van der Waals surface area contributed by atoms with Crippen LogP contribution in [0.15, 0.2) is 27.6 Å². The van der Waals surface area contributed by atoms with Gasteiger partial charge in [-0.25, -0.2) is 17.5 Å². The first-order chi connectivity index (χ1) is 8.36. The van der Waals surface area contributed by atoms with E-state index in [1.807, 2.05) is 6.26 Å². The summed E-state index contributed by atoms with van der Waals surface area (Å²) in [5, 5.41) is 0. The van der Waals surface area contributed by atoms with Gasteiger partial charge in [0.2, 0.25) is 10.0 Å². The van der Waals surface area contributed by atoms with Crippen LogP contribution < -0.4 is 4.72 Å². The second kappa shape index (κ2) is 6.88. The van der Waals surface area contributed by atoms with Gasteiger partial charge in [-0.15, -0.1) is 0 Å². The zero-order valence-corrected chi connectivity index (χ0v) is 13.3. The van der Waals surface area contributed by atoms with Gasteiger partial charge >= 0.3 is 0 Å². The third-order valence-electron chi connectivity index (χ3n) is 2.29. The standard InChI is InChI=1S/C11H15BrFNO2S2/c1-8(5-6-17-2)14-18(15,16)11-4-3-9(12)7-10(11)13/h3-4,7-8,14H,5-6H2,1-2H3. The molecule has 0 aromatic heterocycles. The first kappa shape index (κ1) is 15.9. The Morgan fingerprint density at radius 1 is 1.50 bits per heavy atom. The maximum Gasteiger partial charge on any atom is 0.243 e. The molecule has 0 amide bonds. The molecule has 0 fully saturated rings. The van der Waals surface area contributed by atoms with Crippen molar-refractivity contribution in [3.63, 3.8) is 0 Å². The van der Waals surface area contributed by atoms with Gasteiger partial charge in [0.15, 0.2) is 0 Å². The molecule has 1 atom stereocenters. The van der Waals surface area contributed by atoms with Gasteiger partial charge in [0.05, 0.1) is 0 Å². The molecule has 0 bridgehead atoms. The van der Waals surface area contributed by atoms with Crippen LogP contribution in [-0.2, 0) is 10.0 Å². The molecule has 3 nitrogen and oxygen atoms in total. The molecule has 7 heteroatoms. The number of sulfonamides is 1. The van der Waals surface area contributed by atoms with E-state index in [0.29, 0.717) is 10.9 Å². The maximum atomic E-state index is 13.6. The van der Waals surface area contributed by atoms with Crippen molar-refractivity contribution in [3.8, 4) is 0 Å². The summed E-state index contributed by atoms with van der Waals surface area (Å²) in [4.78, 5) is -0.318. The third kappa shape index (κ3) is 4.53. The summed E-state index contributed by atoms with van der Waals surface area (Å²) in [5.74, 6) is 0.0981. The van der Waals surface area contributed by atoms with Gasteiger partial charge < -0.3 is 0 Å². The van der Waals surface area contributed by atoms with E-state index in [9.17, 15) is 12.8 Å². The monoisotopic (exact) mass is 355 g/mol. The van der Waals surface area contributed by atoms with Crippen LogP contribution in [0.25, 0.3) is 0 Å². The molecule has 1 aromatic carbocycles. The first-order valence-corrected chi connectivity index (χ1v) is 9.00. The highest BCUT2D eigenvalue weighted by molar-refractivity contribution is 9.10. The lowest BCUT2D eigenvalue weighted by Crippen LogP contribution is -2.33. The lowest BCUT2D eigenvalue weighted by atomic mass is 10.3. The van der Waals surface area contributed by atoms with Crippen molar-refractivity contribution in [2.75, 3.05) is 12.0 Å². The minimum absolute atomic E-state index is 0.217. The first-order valence-electron chi connectivity index (χ1n) is 5.33. The van der Waals surface area contributed by atoms with Gasteiger partial charge in [-0.05, 0) is 43.6 Å². The van der Waals surface area contributed by atoms with E-state index in [2.05, 4.69) is 20.7 Å². The summed E-state index contributed by atoms with van der Waals surface area (Å²) in [6.45, 7) is 1.77. The van der Waals surface area contributed by atoms with Gasteiger partial charge in [0.1, 0.15) is 10.7 Å². The second-order valence-electron chi connectivity index (χ2n) is 3.88. The quantitative estimate of drug-likeness (QED) is 0.852. The fourth-order valence-electron chi connectivity index (χ4n) is 1.38. The minimum atomic E-state index is -3.79. The normalized spacial score (nSPS) is 13.6. The summed E-state index contributed by atoms with van der Waals surface area (Å²) in [7, 11) is -3.79. The Kier molecular flexibility index (Phi) is 6.10. The molecular weight excluding hydrogens is 341 g/mol. The number of benzene rings is 1. The fraction of sp³-hybridized carbons (Fsp3) is 0.455. The molecule has 1 unspecified atom stereocenters. The van der Waals surface area contributed by atoms with Gasteiger partial charge in [0, 0.05) is 10.5 Å². The predicted molar refractivity (Wildman–Crippen MR) is 76.9 cm³/mol. The van der Waals surface area contributed by atoms with Crippen LogP contribution in [-0.4, -0.2) is 26.5 Å². The van der Waals surface area contributed by atoms with Gasteiger partial charge in [0.25, 0.3) is 0 Å². The number of thioether (sulfide) groups is 1. The second-order valence-corrected chi connectivity index (χ2v) is 7.46. The number of hydrogen-bond donors (Lipinski definition) is 1. The molecule has 0 aliphatic carbocycles. The van der Waals surface area contributed by atoms with E-state index in [1.54, 1.807) is 18.7 Å². The Morgan fingerprint density at radius 3 is 2.72 bits per heavy atom. The molecule has 0 saturated carbocycles. The molecule has 102 valence electrons. The van der Waals surface area contributed by atoms with E-state index in [-0.39, 0.29) is 10.9 Å². The highest BCUT2D eigenvalue weighted by Gasteiger charge is 2.21. The van der Waals surface area contributed by atoms with Gasteiger partial charge in [-0.2, -0.15) is 11.8 Å². The van der Waals surface area contributed by atoms with Crippen molar-refractivity contribution in [2.24, 2.45) is 0 Å². The van der Waals surface area contributed by atoms with Crippen molar-refractivity contribution in [3.05, 3.63) is 28.5 Å². The van der Waals surface area contributed by atoms with Crippen LogP contribution in [0.3, 0.4) is 0 Å². The SMILES string of the molecule is CSCCC(C)NS(=O)(=O)c1ccc(Br)cc1F. The summed E-state index contributed by atoms with van der Waals surface area (Å²) in [6, 6.07) is 3.68. The Balaban J connectivity index is 2.86. The molecule has 1 N–H and O–H groups in total. The van der Waals surface area contributed by atoms with Crippen molar-refractivity contribution in [1.82, 2.24) is 4.72 Å². The number of halogens is 2. The van der Waals surface area contributed by atoms with Crippen LogP contribution in [0.5, 0.6) is 0 Å². The third-order valence-corrected chi connectivity index (χ3v) is 5.05. The zero-order valence-electron chi connectivity index (χ0n) is 10.1. The van der Waals surface area contributed by atoms with Crippen LogP contribution in [0, 0.1) is 5.82 Å². The van der Waals surface area contributed by atoms with E-state index < -0.39 is 15.8 Å². The van der Waals surface area contributed by atoms with Crippen molar-refractivity contribution in [2.45, 2.75) is 24.3 Å². The average molecular weight is 356 g/mol. The molecule has 0 aliphatic rings. The molecule has 0 spiro atoms. The zero-order chi connectivity index (χ0) is 13.8. The molecule has 1 aromatic rings. The Morgan fingerprint density at radius 2 is 2.17 bits per heavy atom. The maximum absolute atomic E-state index is 13.6. The number of rotatable bonds is 6. The van der Waals surface area contributed by atoms with Gasteiger partial charge in [-0.1, -0.05) is 15.9 Å². The summed E-state index contributed by atoms with van der Waals surface area (Å²) < 4.78 is 40.5. The molecule has 0 saturated heterocycles. The lowest BCUT2D eigenvalue weighted by molar-refractivity contribution is 0.540. The fourth-order valence-corrected chi connectivity index (χ4v) is 3.63. The smallest absolute Gasteiger partial charge is 0.208 e. The lowest BCUT2D eigenvalue weighted by Gasteiger charge is -2.14. The Bertz CT molecular complexity index is 508. The van der Waals surface area contributed by atoms with Gasteiger partial charge in [-0.3, -0.25) is 0 Å².